The lowest BCUT2D eigenvalue weighted by atomic mass is 9.96. The van der Waals surface area contributed by atoms with Gasteiger partial charge in [-0.15, -0.1) is 0 Å². The van der Waals surface area contributed by atoms with Gasteiger partial charge in [-0.2, -0.15) is 0 Å². The number of hydrogen-bond donors (Lipinski definition) is 1. The zero-order valence-corrected chi connectivity index (χ0v) is 10.5. The van der Waals surface area contributed by atoms with Crippen LogP contribution in [0.3, 0.4) is 0 Å². The number of nitrogens with zero attached hydrogens (tertiary/aromatic N) is 1. The molecule has 0 radical (unpaired) electrons. The van der Waals surface area contributed by atoms with Crippen LogP contribution in [0.25, 0.3) is 0 Å². The molecule has 1 amide bonds. The fourth-order valence-corrected chi connectivity index (χ4v) is 2.44. The second-order valence-corrected chi connectivity index (χ2v) is 5.18. The van der Waals surface area contributed by atoms with E-state index in [0.717, 1.165) is 18.5 Å². The number of amides is 1. The van der Waals surface area contributed by atoms with Crippen LogP contribution in [0.15, 0.2) is 24.3 Å². The summed E-state index contributed by atoms with van der Waals surface area (Å²) in [4.78, 5) is 14.2. The van der Waals surface area contributed by atoms with E-state index in [1.54, 1.807) is 0 Å². The molecule has 2 N–H and O–H groups in total. The molecule has 2 atom stereocenters. The van der Waals surface area contributed by atoms with E-state index in [4.69, 9.17) is 5.73 Å². The predicted octanol–water partition coefficient (Wildman–Crippen LogP) is 1.80. The summed E-state index contributed by atoms with van der Waals surface area (Å²) in [5.74, 6) is 0.597. The van der Waals surface area contributed by atoms with Gasteiger partial charge in [0.15, 0.2) is 0 Å². The first-order chi connectivity index (χ1) is 8.06. The summed E-state index contributed by atoms with van der Waals surface area (Å²) in [5, 5.41) is 0. The van der Waals surface area contributed by atoms with Gasteiger partial charge in [-0.05, 0) is 31.4 Å². The lowest BCUT2D eigenvalue weighted by molar-refractivity contribution is 0.0661. The number of hydrogen-bond acceptors (Lipinski definition) is 2. The van der Waals surface area contributed by atoms with Crippen LogP contribution in [0.4, 0.5) is 0 Å². The average Bonchev–Trinajstić information content (AvgIpc) is 2.28. The third kappa shape index (κ3) is 2.86. The van der Waals surface area contributed by atoms with Crippen LogP contribution >= 0.6 is 0 Å². The van der Waals surface area contributed by atoms with Crippen molar-refractivity contribution in [2.24, 2.45) is 11.7 Å². The molecule has 2 unspecified atom stereocenters. The molecule has 0 aromatic heterocycles. The Morgan fingerprint density at radius 3 is 2.53 bits per heavy atom. The van der Waals surface area contributed by atoms with Gasteiger partial charge < -0.3 is 10.6 Å². The highest BCUT2D eigenvalue weighted by Gasteiger charge is 2.26. The van der Waals surface area contributed by atoms with Crippen molar-refractivity contribution in [2.45, 2.75) is 26.3 Å². The topological polar surface area (TPSA) is 46.3 Å². The maximum Gasteiger partial charge on any atom is 0.253 e. The Morgan fingerprint density at radius 2 is 1.94 bits per heavy atom. The molecule has 1 aliphatic heterocycles. The van der Waals surface area contributed by atoms with Crippen LogP contribution in [-0.4, -0.2) is 29.9 Å². The van der Waals surface area contributed by atoms with Crippen molar-refractivity contribution in [2.75, 3.05) is 13.1 Å². The van der Waals surface area contributed by atoms with Gasteiger partial charge in [0, 0.05) is 24.7 Å². The highest BCUT2D eigenvalue weighted by Crippen LogP contribution is 2.17. The monoisotopic (exact) mass is 232 g/mol. The summed E-state index contributed by atoms with van der Waals surface area (Å²) in [5.41, 5.74) is 7.89. The molecule has 3 heteroatoms. The van der Waals surface area contributed by atoms with E-state index < -0.39 is 0 Å². The molecule has 17 heavy (non-hydrogen) atoms. The fourth-order valence-electron chi connectivity index (χ4n) is 2.44. The van der Waals surface area contributed by atoms with Crippen LogP contribution in [0, 0.1) is 12.8 Å². The van der Waals surface area contributed by atoms with E-state index in [-0.39, 0.29) is 11.9 Å². The highest BCUT2D eigenvalue weighted by molar-refractivity contribution is 5.94. The maximum atomic E-state index is 12.3. The van der Waals surface area contributed by atoms with Gasteiger partial charge in [0.05, 0.1) is 0 Å². The van der Waals surface area contributed by atoms with Crippen molar-refractivity contribution in [1.82, 2.24) is 4.90 Å². The molecule has 1 fully saturated rings. The third-order valence-electron chi connectivity index (χ3n) is 3.28. The standard InChI is InChI=1S/C14H20N2O/c1-10-3-5-12(6-4-10)14(17)16-8-11(2)7-13(15)9-16/h3-6,11,13H,7-9,15H2,1-2H3. The Kier molecular flexibility index (Phi) is 3.48. The molecule has 1 aromatic rings. The van der Waals surface area contributed by atoms with Crippen molar-refractivity contribution in [1.29, 1.82) is 0 Å². The molecule has 1 aliphatic rings. The van der Waals surface area contributed by atoms with Crippen molar-refractivity contribution in [3.05, 3.63) is 35.4 Å². The third-order valence-corrected chi connectivity index (χ3v) is 3.28. The SMILES string of the molecule is Cc1ccc(C(=O)N2CC(C)CC(N)C2)cc1. The van der Waals surface area contributed by atoms with Crippen molar-refractivity contribution < 1.29 is 4.79 Å². The van der Waals surface area contributed by atoms with E-state index >= 15 is 0 Å². The fraction of sp³-hybridized carbons (Fsp3) is 0.500. The van der Waals surface area contributed by atoms with Gasteiger partial charge in [0.1, 0.15) is 0 Å². The molecule has 1 heterocycles. The lowest BCUT2D eigenvalue weighted by Gasteiger charge is -2.34. The number of rotatable bonds is 1. The normalized spacial score (nSPS) is 24.8. The Bertz CT molecular complexity index is 389. The van der Waals surface area contributed by atoms with Gasteiger partial charge >= 0.3 is 0 Å². The molecule has 1 saturated heterocycles. The summed E-state index contributed by atoms with van der Waals surface area (Å²) in [6.07, 6.45) is 1.01. The molecule has 3 nitrogen and oxygen atoms in total. The Hall–Kier alpha value is -1.35. The molecule has 92 valence electrons. The van der Waals surface area contributed by atoms with E-state index in [1.807, 2.05) is 36.1 Å². The summed E-state index contributed by atoms with van der Waals surface area (Å²) >= 11 is 0. The van der Waals surface area contributed by atoms with Gasteiger partial charge in [0.25, 0.3) is 5.91 Å². The maximum absolute atomic E-state index is 12.3. The van der Waals surface area contributed by atoms with Crippen LogP contribution < -0.4 is 5.73 Å². The highest BCUT2D eigenvalue weighted by atomic mass is 16.2. The molecule has 2 rings (SSSR count). The summed E-state index contributed by atoms with van der Waals surface area (Å²) in [6, 6.07) is 7.85. The second kappa shape index (κ2) is 4.88. The molecule has 0 aliphatic carbocycles. The first-order valence-corrected chi connectivity index (χ1v) is 6.18. The number of carbonyl (C=O) groups excluding carboxylic acids is 1. The van der Waals surface area contributed by atoms with E-state index in [0.29, 0.717) is 12.5 Å². The summed E-state index contributed by atoms with van der Waals surface area (Å²) < 4.78 is 0. The Labute approximate surface area is 103 Å². The number of nitrogens with two attached hydrogens (primary N) is 1. The predicted molar refractivity (Wildman–Crippen MR) is 68.8 cm³/mol. The van der Waals surface area contributed by atoms with Crippen LogP contribution in [0.1, 0.15) is 29.3 Å². The lowest BCUT2D eigenvalue weighted by Crippen LogP contribution is -2.48. The smallest absolute Gasteiger partial charge is 0.253 e. The van der Waals surface area contributed by atoms with Crippen molar-refractivity contribution >= 4 is 5.91 Å². The Morgan fingerprint density at radius 1 is 1.29 bits per heavy atom. The molecule has 0 spiro atoms. The number of benzene rings is 1. The number of likely N-dealkylation sites (tertiary alicyclic amines) is 1. The van der Waals surface area contributed by atoms with Crippen LogP contribution in [0.2, 0.25) is 0 Å². The Balaban J connectivity index is 2.11. The second-order valence-electron chi connectivity index (χ2n) is 5.18. The summed E-state index contributed by atoms with van der Waals surface area (Å²) in [7, 11) is 0. The molecular weight excluding hydrogens is 212 g/mol. The molecule has 1 aromatic carbocycles. The first kappa shape index (κ1) is 12.1. The molecule has 0 saturated carbocycles. The minimum Gasteiger partial charge on any atom is -0.337 e. The quantitative estimate of drug-likeness (QED) is 0.802. The molecular formula is C14H20N2O. The number of carbonyl (C=O) groups is 1. The molecule has 0 bridgehead atoms. The zero-order valence-electron chi connectivity index (χ0n) is 10.5. The van der Waals surface area contributed by atoms with E-state index in [2.05, 4.69) is 6.92 Å². The number of aryl methyl sites for hydroxylation is 1. The largest absolute Gasteiger partial charge is 0.337 e. The van der Waals surface area contributed by atoms with Crippen LogP contribution in [-0.2, 0) is 0 Å². The minimum absolute atomic E-state index is 0.104. The van der Waals surface area contributed by atoms with Gasteiger partial charge in [-0.3, -0.25) is 4.79 Å². The van der Waals surface area contributed by atoms with E-state index in [9.17, 15) is 4.79 Å². The number of piperidine rings is 1. The van der Waals surface area contributed by atoms with Gasteiger partial charge in [-0.25, -0.2) is 0 Å². The van der Waals surface area contributed by atoms with Gasteiger partial charge in [0.2, 0.25) is 0 Å². The zero-order chi connectivity index (χ0) is 12.4. The van der Waals surface area contributed by atoms with Gasteiger partial charge in [-0.1, -0.05) is 24.6 Å². The first-order valence-electron chi connectivity index (χ1n) is 6.18. The average molecular weight is 232 g/mol. The van der Waals surface area contributed by atoms with E-state index in [1.165, 1.54) is 5.56 Å². The van der Waals surface area contributed by atoms with Crippen LogP contribution in [0.5, 0.6) is 0 Å². The summed E-state index contributed by atoms with van der Waals surface area (Å²) in [6.45, 7) is 5.67. The van der Waals surface area contributed by atoms with Crippen molar-refractivity contribution in [3.8, 4) is 0 Å². The van der Waals surface area contributed by atoms with Crippen molar-refractivity contribution in [3.63, 3.8) is 0 Å². The minimum atomic E-state index is 0.104.